The Balaban J connectivity index is 0.000000240. The van der Waals surface area contributed by atoms with E-state index in [0.29, 0.717) is 0 Å². The van der Waals surface area contributed by atoms with Gasteiger partial charge in [0.15, 0.2) is 0 Å². The fourth-order valence-corrected chi connectivity index (χ4v) is 1.50. The van der Waals surface area contributed by atoms with Gasteiger partial charge >= 0.3 is 12.0 Å². The minimum absolute atomic E-state index is 0.295. The Hall–Kier alpha value is -2.45. The number of aliphatic hydroxyl groups is 1. The molecule has 1 fully saturated rings. The molecule has 8 nitrogen and oxygen atoms in total. The lowest BCUT2D eigenvalue weighted by molar-refractivity contribution is -0.140. The van der Waals surface area contributed by atoms with Crippen LogP contribution in [0.5, 0.6) is 0 Å². The number of carboxylic acids is 1. The van der Waals surface area contributed by atoms with E-state index in [2.05, 4.69) is 10.6 Å². The zero-order valence-corrected chi connectivity index (χ0v) is 11.3. The fraction of sp³-hybridized carbons (Fsp3) is 0.308. The second kappa shape index (κ2) is 7.36. The number of carbonyl (C=O) groups excluding carboxylic acids is 2. The summed E-state index contributed by atoms with van der Waals surface area (Å²) in [6, 6.07) is 6.99. The number of imide groups is 1. The van der Waals surface area contributed by atoms with E-state index < -0.39 is 30.2 Å². The second-order valence-electron chi connectivity index (χ2n) is 4.41. The number of hydrogen-bond acceptors (Lipinski definition) is 5. The maximum atomic E-state index is 11.2. The number of urea groups is 1. The van der Waals surface area contributed by atoms with Gasteiger partial charge < -0.3 is 21.3 Å². The van der Waals surface area contributed by atoms with Gasteiger partial charge in [-0.3, -0.25) is 14.9 Å². The molecule has 1 saturated heterocycles. The number of aliphatic hydroxyl groups excluding tert-OH is 1. The molecule has 6 N–H and O–H groups in total. The zero-order chi connectivity index (χ0) is 16.0. The van der Waals surface area contributed by atoms with Crippen LogP contribution in [0, 0.1) is 0 Å². The summed E-state index contributed by atoms with van der Waals surface area (Å²) in [7, 11) is 0. The molecule has 1 aliphatic rings. The monoisotopic (exact) mass is 295 g/mol. The highest BCUT2D eigenvalue weighted by molar-refractivity contribution is 6.04. The third kappa shape index (κ3) is 4.86. The number of nitrogens with one attached hydrogen (secondary N) is 2. The van der Waals surface area contributed by atoms with Crippen molar-refractivity contribution in [2.75, 3.05) is 0 Å². The number of aliphatic carboxylic acids is 1. The number of carboxylic acid groups (broad SMARTS) is 1. The van der Waals surface area contributed by atoms with Crippen LogP contribution >= 0.6 is 0 Å². The minimum atomic E-state index is -1.18. The van der Waals surface area contributed by atoms with Gasteiger partial charge in [0.1, 0.15) is 12.1 Å². The average Bonchev–Trinajstić information content (AvgIpc) is 2.78. The molecular formula is C13H17N3O5. The quantitative estimate of drug-likeness (QED) is 0.469. The summed E-state index contributed by atoms with van der Waals surface area (Å²) >= 11 is 0. The van der Waals surface area contributed by atoms with E-state index in [1.165, 1.54) is 6.92 Å². The summed E-state index contributed by atoms with van der Waals surface area (Å²) in [4.78, 5) is 31.8. The van der Waals surface area contributed by atoms with E-state index in [0.717, 1.165) is 5.56 Å². The molecule has 2 rings (SSSR count). The van der Waals surface area contributed by atoms with E-state index in [1.54, 1.807) is 12.1 Å². The van der Waals surface area contributed by atoms with E-state index in [9.17, 15) is 14.4 Å². The predicted octanol–water partition coefficient (Wildman–Crippen LogP) is -0.654. The van der Waals surface area contributed by atoms with Crippen molar-refractivity contribution in [3.05, 3.63) is 35.9 Å². The number of amides is 3. The van der Waals surface area contributed by atoms with Gasteiger partial charge in [-0.2, -0.15) is 0 Å². The smallest absolute Gasteiger partial charge is 0.323 e. The number of carbonyl (C=O) groups is 3. The SMILES string of the molecule is C[C@@H](O)[C@H](N)C(=O)O.O=C1NC(=O)C(c2ccccc2)N1. The molecule has 1 aromatic rings. The molecule has 1 heterocycles. The molecule has 1 aliphatic heterocycles. The first-order valence-electron chi connectivity index (χ1n) is 6.15. The Morgan fingerprint density at radius 3 is 2.19 bits per heavy atom. The van der Waals surface area contributed by atoms with Crippen LogP contribution in [0.15, 0.2) is 30.3 Å². The molecule has 0 saturated carbocycles. The minimum Gasteiger partial charge on any atom is -0.480 e. The third-order valence-electron chi connectivity index (χ3n) is 2.71. The topological polar surface area (TPSA) is 142 Å². The van der Waals surface area contributed by atoms with Crippen LogP contribution in [-0.4, -0.2) is 40.3 Å². The fourth-order valence-electron chi connectivity index (χ4n) is 1.50. The van der Waals surface area contributed by atoms with Gasteiger partial charge in [-0.1, -0.05) is 30.3 Å². The first-order chi connectivity index (χ1) is 9.82. The first-order valence-corrected chi connectivity index (χ1v) is 6.15. The normalized spacial score (nSPS) is 19.7. The molecule has 0 radical (unpaired) electrons. The van der Waals surface area contributed by atoms with E-state index in [4.69, 9.17) is 15.9 Å². The van der Waals surface area contributed by atoms with Gasteiger partial charge in [0.05, 0.1) is 6.10 Å². The molecule has 0 bridgehead atoms. The van der Waals surface area contributed by atoms with Crippen molar-refractivity contribution < 1.29 is 24.6 Å². The Bertz CT molecular complexity index is 518. The third-order valence-corrected chi connectivity index (χ3v) is 2.71. The zero-order valence-electron chi connectivity index (χ0n) is 11.3. The Labute approximate surface area is 120 Å². The molecule has 3 atom stereocenters. The number of benzene rings is 1. The van der Waals surface area contributed by atoms with Crippen molar-refractivity contribution >= 4 is 17.9 Å². The van der Waals surface area contributed by atoms with Gasteiger partial charge in [0.25, 0.3) is 5.91 Å². The first kappa shape index (κ1) is 16.6. The van der Waals surface area contributed by atoms with Gasteiger partial charge in [-0.05, 0) is 12.5 Å². The molecule has 8 heteroatoms. The van der Waals surface area contributed by atoms with Crippen molar-refractivity contribution in [2.24, 2.45) is 5.73 Å². The van der Waals surface area contributed by atoms with Crippen LogP contribution < -0.4 is 16.4 Å². The van der Waals surface area contributed by atoms with Crippen molar-refractivity contribution in [1.29, 1.82) is 0 Å². The van der Waals surface area contributed by atoms with Crippen LogP contribution in [0.2, 0.25) is 0 Å². The number of rotatable bonds is 3. The number of hydrogen-bond donors (Lipinski definition) is 5. The van der Waals surface area contributed by atoms with Gasteiger partial charge in [-0.25, -0.2) is 4.79 Å². The summed E-state index contributed by atoms with van der Waals surface area (Å²) < 4.78 is 0. The highest BCUT2D eigenvalue weighted by Gasteiger charge is 2.30. The summed E-state index contributed by atoms with van der Waals surface area (Å²) in [6.45, 7) is 1.33. The van der Waals surface area contributed by atoms with Crippen LogP contribution in [0.25, 0.3) is 0 Å². The van der Waals surface area contributed by atoms with E-state index in [1.807, 2.05) is 18.2 Å². The number of nitrogens with two attached hydrogens (primary N) is 1. The molecule has 0 spiro atoms. The Morgan fingerprint density at radius 1 is 1.29 bits per heavy atom. The Kier molecular flexibility index (Phi) is 5.82. The lowest BCUT2D eigenvalue weighted by Crippen LogP contribution is -2.39. The highest BCUT2D eigenvalue weighted by Crippen LogP contribution is 2.15. The summed E-state index contributed by atoms with van der Waals surface area (Å²) in [5, 5.41) is 21.2. The largest absolute Gasteiger partial charge is 0.480 e. The van der Waals surface area contributed by atoms with E-state index >= 15 is 0 Å². The van der Waals surface area contributed by atoms with Gasteiger partial charge in [-0.15, -0.1) is 0 Å². The van der Waals surface area contributed by atoms with Crippen molar-refractivity contribution in [3.8, 4) is 0 Å². The Morgan fingerprint density at radius 2 is 1.86 bits per heavy atom. The van der Waals surface area contributed by atoms with Crippen molar-refractivity contribution in [2.45, 2.75) is 25.1 Å². The molecule has 1 aromatic carbocycles. The molecule has 114 valence electrons. The molecule has 0 aromatic heterocycles. The van der Waals surface area contributed by atoms with Gasteiger partial charge in [0.2, 0.25) is 0 Å². The van der Waals surface area contributed by atoms with Crippen molar-refractivity contribution in [1.82, 2.24) is 10.6 Å². The lowest BCUT2D eigenvalue weighted by atomic mass is 10.1. The summed E-state index contributed by atoms with van der Waals surface area (Å²) in [6.07, 6.45) is -0.979. The molecule has 0 aliphatic carbocycles. The van der Waals surface area contributed by atoms with Crippen LogP contribution in [0.4, 0.5) is 4.79 Å². The maximum Gasteiger partial charge on any atom is 0.323 e. The van der Waals surface area contributed by atoms with E-state index in [-0.39, 0.29) is 5.91 Å². The lowest BCUT2D eigenvalue weighted by Gasteiger charge is -2.06. The average molecular weight is 295 g/mol. The summed E-state index contributed by atoms with van der Waals surface area (Å²) in [5.41, 5.74) is 5.71. The second-order valence-corrected chi connectivity index (χ2v) is 4.41. The molecular weight excluding hydrogens is 278 g/mol. The van der Waals surface area contributed by atoms with Crippen LogP contribution in [0.3, 0.4) is 0 Å². The maximum absolute atomic E-state index is 11.2. The molecule has 21 heavy (non-hydrogen) atoms. The molecule has 3 amide bonds. The van der Waals surface area contributed by atoms with Crippen LogP contribution in [-0.2, 0) is 9.59 Å². The molecule has 1 unspecified atom stereocenters. The highest BCUT2D eigenvalue weighted by atomic mass is 16.4. The standard InChI is InChI=1S/C9H8N2O2.C4H9NO3/c12-8-7(10-9(13)11-8)6-4-2-1-3-5-6;1-2(6)3(5)4(7)8/h1-5,7H,(H2,10,11,12,13);2-3,6H,5H2,1H3,(H,7,8)/t;2-,3+/m.1/s1. The van der Waals surface area contributed by atoms with Crippen LogP contribution in [0.1, 0.15) is 18.5 Å². The van der Waals surface area contributed by atoms with Gasteiger partial charge in [0, 0.05) is 0 Å². The predicted molar refractivity (Wildman–Crippen MR) is 73.1 cm³/mol. The van der Waals surface area contributed by atoms with Crippen molar-refractivity contribution in [3.63, 3.8) is 0 Å². The summed E-state index contributed by atoms with van der Waals surface area (Å²) in [5.74, 6) is -1.48.